The lowest BCUT2D eigenvalue weighted by atomic mass is 10.0. The Balaban J connectivity index is 0.000000166. The highest BCUT2D eigenvalue weighted by Crippen LogP contribution is 2.37. The van der Waals surface area contributed by atoms with Crippen LogP contribution >= 0.6 is 47.8 Å². The van der Waals surface area contributed by atoms with Crippen molar-refractivity contribution in [2.45, 2.75) is 0 Å². The van der Waals surface area contributed by atoms with Gasteiger partial charge in [-0.2, -0.15) is 19.7 Å². The molecule has 0 aliphatic heterocycles. The molecule has 0 saturated carbocycles. The molecule has 15 aromatic rings. The van der Waals surface area contributed by atoms with E-state index in [0.29, 0.717) is 61.5 Å². The average Bonchev–Trinajstić information content (AvgIpc) is 1.61. The quantitative estimate of drug-likeness (QED) is 0.0245. The summed E-state index contributed by atoms with van der Waals surface area (Å²) in [6.45, 7) is 0. The Kier molecular flexibility index (Phi) is 32.4. The van der Waals surface area contributed by atoms with Crippen molar-refractivity contribution in [3.63, 3.8) is 0 Å². The summed E-state index contributed by atoms with van der Waals surface area (Å²) in [5.74, 6) is -1.32. The highest BCUT2D eigenvalue weighted by molar-refractivity contribution is 9.11. The van der Waals surface area contributed by atoms with Gasteiger partial charge in [-0.1, -0.05) is 6.07 Å². The first-order chi connectivity index (χ1) is 58.6. The van der Waals surface area contributed by atoms with Crippen LogP contribution < -0.4 is 29.4 Å². The highest BCUT2D eigenvalue weighted by Gasteiger charge is 2.25. The first kappa shape index (κ1) is 91.4. The van der Waals surface area contributed by atoms with Crippen molar-refractivity contribution in [3.05, 3.63) is 249 Å². The van der Waals surface area contributed by atoms with Crippen LogP contribution in [-0.4, -0.2) is 222 Å². The fourth-order valence-corrected chi connectivity index (χ4v) is 11.9. The maximum Gasteiger partial charge on any atom is 0.358 e. The van der Waals surface area contributed by atoms with Crippen molar-refractivity contribution in [1.29, 1.82) is 0 Å². The molecule has 14 aromatic heterocycles. The summed E-state index contributed by atoms with van der Waals surface area (Å²) in [6, 6.07) is 36.0. The van der Waals surface area contributed by atoms with Crippen molar-refractivity contribution in [2.75, 3.05) is 83.7 Å². The number of aromatic nitrogens is 17. The monoisotopic (exact) mass is 1850 g/mol. The average molecular weight is 1860 g/mol. The van der Waals surface area contributed by atoms with Gasteiger partial charge in [-0.3, -0.25) is 48.9 Å². The van der Waals surface area contributed by atoms with Crippen molar-refractivity contribution in [2.24, 2.45) is 14.1 Å². The van der Waals surface area contributed by atoms with Crippen LogP contribution in [0.2, 0.25) is 0 Å². The van der Waals surface area contributed by atoms with Gasteiger partial charge in [-0.25, -0.2) is 64.2 Å². The number of nitrogen functional groups attached to an aromatic ring is 1. The summed E-state index contributed by atoms with van der Waals surface area (Å²) >= 11 is 9.98. The van der Waals surface area contributed by atoms with Crippen LogP contribution in [0.5, 0.6) is 40.2 Å². The van der Waals surface area contributed by atoms with Crippen LogP contribution in [0.3, 0.4) is 0 Å². The van der Waals surface area contributed by atoms with E-state index in [0.717, 1.165) is 80.4 Å². The number of ketones is 1. The molecule has 0 aliphatic carbocycles. The number of benzene rings is 1. The number of carboxylic acids is 1. The molecule has 0 saturated heterocycles. The van der Waals surface area contributed by atoms with E-state index in [-0.39, 0.29) is 51.7 Å². The summed E-state index contributed by atoms with van der Waals surface area (Å²) in [5.41, 5.74) is 14.9. The Labute approximate surface area is 720 Å². The number of nitrogens with two attached hydrogens (primary N) is 1. The Hall–Kier alpha value is -14.5. The largest absolute Gasteiger partial charge is 0.505 e. The number of carbonyl (C=O) groups excluding carboxylic acids is 4. The number of H-pyrrole nitrogens is 1. The molecular formula is C82H77Br3FN21O15. The Morgan fingerprint density at radius 2 is 0.852 bits per heavy atom. The number of pyridine rings is 11. The SMILES string of the molecule is CON(C)C(=O)c1ncccc1O.COc1cccnc1-c1[nH]nc2ncc(Br)cc12.COc1cccnc1-c1nn(C)c2ncc(-c3ccc(N)c(C(=O)N(C)C)c3)cc12.COc1cccnc1-c1nn(C)c2ncc(Br)cc12.COc1cccnc1C(=O)N(C)OC.COc1cccnc1C(=O)c1cc(Br)cnc1F.O=C(O)c1ncccc1O. The minimum Gasteiger partial charge on any atom is -0.505 e. The summed E-state index contributed by atoms with van der Waals surface area (Å²) in [7, 11) is 20.6. The third kappa shape index (κ3) is 22.5. The van der Waals surface area contributed by atoms with Crippen molar-refractivity contribution < 1.29 is 77.0 Å². The van der Waals surface area contributed by atoms with Gasteiger partial charge < -0.3 is 49.6 Å². The molecule has 15 rings (SSSR count). The summed E-state index contributed by atoms with van der Waals surface area (Å²) in [4.78, 5) is 114. The number of hydrogen-bond acceptors (Lipinski definition) is 29. The number of nitrogens with zero attached hydrogens (tertiary/aromatic N) is 19. The molecular weight excluding hydrogens is 1780 g/mol. The number of aryl methyl sites for hydroxylation is 2. The number of hydroxylamine groups is 4. The lowest BCUT2D eigenvalue weighted by Gasteiger charge is -2.14. The second-order valence-corrected chi connectivity index (χ2v) is 27.5. The maximum absolute atomic E-state index is 13.5. The van der Waals surface area contributed by atoms with Gasteiger partial charge in [0.1, 0.15) is 68.7 Å². The van der Waals surface area contributed by atoms with E-state index >= 15 is 0 Å². The smallest absolute Gasteiger partial charge is 0.358 e. The zero-order chi connectivity index (χ0) is 88.4. The van der Waals surface area contributed by atoms with Crippen LogP contribution in [0.4, 0.5) is 10.1 Å². The third-order valence-corrected chi connectivity index (χ3v) is 18.2. The molecule has 0 fully saturated rings. The number of aromatic carboxylic acids is 1. The molecule has 0 atom stereocenters. The molecule has 40 heteroatoms. The van der Waals surface area contributed by atoms with Gasteiger partial charge in [0.15, 0.2) is 39.7 Å². The van der Waals surface area contributed by atoms with E-state index in [1.165, 1.54) is 103 Å². The third-order valence-electron chi connectivity index (χ3n) is 16.9. The van der Waals surface area contributed by atoms with Crippen LogP contribution in [0.15, 0.2) is 209 Å². The summed E-state index contributed by atoms with van der Waals surface area (Å²) in [5, 5.41) is 47.4. The maximum atomic E-state index is 13.5. The van der Waals surface area contributed by atoms with Crippen LogP contribution in [0.1, 0.15) is 57.9 Å². The number of fused-ring (bicyclic) bond motifs is 3. The van der Waals surface area contributed by atoms with E-state index < -0.39 is 23.6 Å². The molecule has 122 heavy (non-hydrogen) atoms. The minimum absolute atomic E-state index is 0.0214. The van der Waals surface area contributed by atoms with Gasteiger partial charge in [0.2, 0.25) is 11.7 Å². The predicted molar refractivity (Wildman–Crippen MR) is 457 cm³/mol. The number of aromatic amines is 1. The van der Waals surface area contributed by atoms with E-state index in [1.807, 2.05) is 74.8 Å². The zero-order valence-electron chi connectivity index (χ0n) is 67.3. The standard InChI is InChI=1S/C22H22N6O2.C13H11BrN4O.C12H8BrFN2O2.C12H9BrN4O.C9H12N2O3.C8H10N2O3.C6H5NO3/c1-27(2)22(29)15-10-13(7-8-17(15)23)14-11-16-19(26-28(3)21(16)25-12-14)20-18(30-4)6-5-9-24-20;1-18-13-9(6-8(14)7-16-13)11(17-18)12-10(19-2)4-3-5-15-12;1-18-9-3-2-4-15-10(9)11(17)8-5-7(13)6-16-12(8)14;1-18-9-3-2-4-14-11(9)10-8-5-7(13)6-15-12(8)17-16-10;1-11(14-3)9(12)8-7(13-2)5-4-6-10-8;1-10(13-2)8(12)7-6(11)4-3-5-9-7;8-4-2-1-3-7-5(4)6(9)10/h5-12H,23H2,1-4H3;3-7H,1-2H3;2-6H,1H3;2-6H,1H3,(H,15,16,17);4-6H,1-3H3;3-5,11H,1-2H3;1-3,8H,(H,9,10). The fourth-order valence-electron chi connectivity index (χ4n) is 10.9. The number of amides is 3. The number of aromatic hydroxyl groups is 2. The van der Waals surface area contributed by atoms with Gasteiger partial charge in [0.05, 0.1) is 66.6 Å². The molecule has 3 amide bonds. The van der Waals surface area contributed by atoms with Crippen LogP contribution in [0.25, 0.3) is 78.4 Å². The van der Waals surface area contributed by atoms with Gasteiger partial charge in [-0.05, 0) is 175 Å². The molecule has 0 bridgehead atoms. The molecule has 14 heterocycles. The van der Waals surface area contributed by atoms with Gasteiger partial charge in [-0.15, -0.1) is 0 Å². The normalized spacial score (nSPS) is 10.4. The molecule has 628 valence electrons. The Morgan fingerprint density at radius 3 is 1.35 bits per heavy atom. The Bertz CT molecular complexity index is 6230. The lowest BCUT2D eigenvalue weighted by molar-refractivity contribution is -0.0762. The van der Waals surface area contributed by atoms with Crippen molar-refractivity contribution in [1.82, 2.24) is 99.6 Å². The number of anilines is 1. The molecule has 6 N–H and O–H groups in total. The summed E-state index contributed by atoms with van der Waals surface area (Å²) in [6.07, 6.45) is 17.4. The second-order valence-electron chi connectivity index (χ2n) is 24.8. The van der Waals surface area contributed by atoms with Crippen LogP contribution in [0, 0.1) is 5.95 Å². The molecule has 0 unspecified atom stereocenters. The van der Waals surface area contributed by atoms with Crippen molar-refractivity contribution in [3.8, 4) is 85.5 Å². The number of ether oxygens (including phenoxy) is 5. The van der Waals surface area contributed by atoms with E-state index in [4.69, 9.17) is 44.5 Å². The van der Waals surface area contributed by atoms with E-state index in [1.54, 1.807) is 124 Å². The molecule has 0 aliphatic rings. The van der Waals surface area contributed by atoms with Gasteiger partial charge in [0.25, 0.3) is 17.7 Å². The number of halogens is 4. The zero-order valence-corrected chi connectivity index (χ0v) is 72.1. The van der Waals surface area contributed by atoms with Crippen LogP contribution in [-0.2, 0) is 23.8 Å². The number of carbonyl (C=O) groups is 5. The lowest BCUT2D eigenvalue weighted by Crippen LogP contribution is -2.26. The number of nitrogens with one attached hydrogen (secondary N) is 1. The molecule has 1 aromatic carbocycles. The number of carboxylic acid groups (broad SMARTS) is 1. The first-order valence-corrected chi connectivity index (χ1v) is 37.9. The summed E-state index contributed by atoms with van der Waals surface area (Å²) < 4.78 is 45.4. The van der Waals surface area contributed by atoms with E-state index in [2.05, 4.69) is 128 Å². The minimum atomic E-state index is -1.22. The number of hydrogen-bond donors (Lipinski definition) is 5. The second kappa shape index (κ2) is 43.3. The fraction of sp³-hybridized carbons (Fsp3) is 0.159. The molecule has 0 radical (unpaired) electrons. The van der Waals surface area contributed by atoms with E-state index in [9.17, 15) is 33.5 Å². The number of methoxy groups -OCH3 is 5. The highest BCUT2D eigenvalue weighted by atomic mass is 79.9. The number of rotatable bonds is 17. The molecule has 36 nitrogen and oxygen atoms in total. The van der Waals surface area contributed by atoms with Gasteiger partial charge >= 0.3 is 5.97 Å². The topological polar surface area (TPSA) is 452 Å². The molecule has 0 spiro atoms. The predicted octanol–water partition coefficient (Wildman–Crippen LogP) is 12.8. The van der Waals surface area contributed by atoms with Gasteiger partial charge in [0, 0.05) is 151 Å². The first-order valence-electron chi connectivity index (χ1n) is 35.5. The van der Waals surface area contributed by atoms with Crippen molar-refractivity contribution >= 4 is 116 Å². The Morgan fingerprint density at radius 1 is 0.434 bits per heavy atom.